The van der Waals surface area contributed by atoms with Crippen molar-refractivity contribution in [1.82, 2.24) is 4.98 Å². The average molecular weight is 267 g/mol. The van der Waals surface area contributed by atoms with Gasteiger partial charge in [-0.2, -0.15) is 4.98 Å². The average Bonchev–Trinajstić information content (AvgIpc) is 2.33. The van der Waals surface area contributed by atoms with E-state index in [-0.39, 0.29) is 5.82 Å². The number of hydrogen-bond donors (Lipinski definition) is 1. The van der Waals surface area contributed by atoms with Gasteiger partial charge >= 0.3 is 11.6 Å². The fourth-order valence-electron chi connectivity index (χ4n) is 1.32. The van der Waals surface area contributed by atoms with E-state index in [1.807, 2.05) is 0 Å². The summed E-state index contributed by atoms with van der Waals surface area (Å²) in [6.45, 7) is 0. The SMILES string of the molecule is Nc1ccc([N+](=O)[O-])c(Oc2cc(F)ccc2F)n1. The number of nitro groups is 1. The van der Waals surface area contributed by atoms with Crippen LogP contribution in [0.15, 0.2) is 30.3 Å². The molecule has 98 valence electrons. The van der Waals surface area contributed by atoms with Crippen LogP contribution in [0, 0.1) is 21.7 Å². The molecule has 0 unspecified atom stereocenters. The lowest BCUT2D eigenvalue weighted by molar-refractivity contribution is -0.386. The summed E-state index contributed by atoms with van der Waals surface area (Å²) in [7, 11) is 0. The molecule has 0 amide bonds. The number of pyridine rings is 1. The standard InChI is InChI=1S/C11H7F2N3O3/c12-6-1-2-7(13)9(5-6)19-11-8(16(17)18)3-4-10(14)15-11/h1-5H,(H2,14,15). The molecule has 0 aliphatic carbocycles. The van der Waals surface area contributed by atoms with Crippen molar-refractivity contribution in [3.63, 3.8) is 0 Å². The molecule has 0 radical (unpaired) electrons. The Labute approximate surface area is 105 Å². The van der Waals surface area contributed by atoms with Crippen LogP contribution in [0.4, 0.5) is 20.3 Å². The first-order valence-electron chi connectivity index (χ1n) is 5.01. The number of hydrogen-bond acceptors (Lipinski definition) is 5. The van der Waals surface area contributed by atoms with E-state index in [9.17, 15) is 18.9 Å². The van der Waals surface area contributed by atoms with Crippen molar-refractivity contribution < 1.29 is 18.4 Å². The molecule has 6 nitrogen and oxygen atoms in total. The molecule has 0 bridgehead atoms. The number of ether oxygens (including phenoxy) is 1. The molecule has 0 atom stereocenters. The van der Waals surface area contributed by atoms with Crippen molar-refractivity contribution in [3.05, 3.63) is 52.1 Å². The van der Waals surface area contributed by atoms with Crippen molar-refractivity contribution in [1.29, 1.82) is 0 Å². The van der Waals surface area contributed by atoms with Crippen LogP contribution < -0.4 is 10.5 Å². The van der Waals surface area contributed by atoms with Gasteiger partial charge in [-0.3, -0.25) is 10.1 Å². The van der Waals surface area contributed by atoms with Crippen LogP contribution in [-0.4, -0.2) is 9.91 Å². The highest BCUT2D eigenvalue weighted by Crippen LogP contribution is 2.31. The number of rotatable bonds is 3. The number of nitrogen functional groups attached to an aromatic ring is 1. The lowest BCUT2D eigenvalue weighted by atomic mass is 10.3. The lowest BCUT2D eigenvalue weighted by Crippen LogP contribution is -2.00. The summed E-state index contributed by atoms with van der Waals surface area (Å²) < 4.78 is 31.2. The number of anilines is 1. The predicted octanol–water partition coefficient (Wildman–Crippen LogP) is 2.64. The largest absolute Gasteiger partial charge is 0.430 e. The zero-order valence-corrected chi connectivity index (χ0v) is 9.34. The van der Waals surface area contributed by atoms with Gasteiger partial charge in [0, 0.05) is 12.1 Å². The van der Waals surface area contributed by atoms with Crippen molar-refractivity contribution in [2.24, 2.45) is 0 Å². The monoisotopic (exact) mass is 267 g/mol. The van der Waals surface area contributed by atoms with Gasteiger partial charge in [0.15, 0.2) is 11.6 Å². The second kappa shape index (κ2) is 4.84. The fraction of sp³-hybridized carbons (Fsp3) is 0. The summed E-state index contributed by atoms with van der Waals surface area (Å²) in [6.07, 6.45) is 0. The third kappa shape index (κ3) is 2.73. The molecule has 8 heteroatoms. The van der Waals surface area contributed by atoms with Crippen LogP contribution in [0.25, 0.3) is 0 Å². The number of aromatic nitrogens is 1. The Morgan fingerprint density at radius 3 is 2.68 bits per heavy atom. The van der Waals surface area contributed by atoms with Crippen LogP contribution in [0.3, 0.4) is 0 Å². The second-order valence-electron chi connectivity index (χ2n) is 3.49. The fourth-order valence-corrected chi connectivity index (χ4v) is 1.32. The first-order valence-corrected chi connectivity index (χ1v) is 5.01. The Morgan fingerprint density at radius 1 is 1.26 bits per heavy atom. The smallest absolute Gasteiger partial charge is 0.331 e. The zero-order valence-electron chi connectivity index (χ0n) is 9.34. The Hall–Kier alpha value is -2.77. The van der Waals surface area contributed by atoms with Gasteiger partial charge in [0.25, 0.3) is 0 Å². The van der Waals surface area contributed by atoms with Gasteiger partial charge in [-0.25, -0.2) is 8.78 Å². The maximum Gasteiger partial charge on any atom is 0.331 e. The second-order valence-corrected chi connectivity index (χ2v) is 3.49. The summed E-state index contributed by atoms with van der Waals surface area (Å²) in [6, 6.07) is 4.75. The molecule has 0 saturated heterocycles. The van der Waals surface area contributed by atoms with Gasteiger partial charge in [-0.15, -0.1) is 0 Å². The molecule has 19 heavy (non-hydrogen) atoms. The highest BCUT2D eigenvalue weighted by Gasteiger charge is 2.19. The molecular formula is C11H7F2N3O3. The number of benzene rings is 1. The molecule has 1 heterocycles. The third-order valence-corrected chi connectivity index (χ3v) is 2.16. The van der Waals surface area contributed by atoms with Crippen molar-refractivity contribution in [2.45, 2.75) is 0 Å². The van der Waals surface area contributed by atoms with E-state index in [2.05, 4.69) is 4.98 Å². The normalized spacial score (nSPS) is 10.2. The van der Waals surface area contributed by atoms with E-state index in [4.69, 9.17) is 10.5 Å². The molecular weight excluding hydrogens is 260 g/mol. The van der Waals surface area contributed by atoms with E-state index >= 15 is 0 Å². The highest BCUT2D eigenvalue weighted by atomic mass is 19.1. The van der Waals surface area contributed by atoms with Gasteiger partial charge in [-0.05, 0) is 18.2 Å². The molecule has 0 spiro atoms. The molecule has 0 aliphatic rings. The van der Waals surface area contributed by atoms with E-state index in [1.54, 1.807) is 0 Å². The van der Waals surface area contributed by atoms with Gasteiger partial charge < -0.3 is 10.5 Å². The van der Waals surface area contributed by atoms with Crippen LogP contribution in [-0.2, 0) is 0 Å². The molecule has 2 N–H and O–H groups in total. The summed E-state index contributed by atoms with van der Waals surface area (Å²) in [5.74, 6) is -2.68. The first kappa shape index (κ1) is 12.7. The maximum absolute atomic E-state index is 13.4. The molecule has 2 rings (SSSR count). The molecule has 0 aliphatic heterocycles. The number of nitrogens with zero attached hydrogens (tertiary/aromatic N) is 2. The van der Waals surface area contributed by atoms with E-state index in [1.165, 1.54) is 6.07 Å². The van der Waals surface area contributed by atoms with Gasteiger partial charge in [-0.1, -0.05) is 0 Å². The molecule has 2 aromatic rings. The van der Waals surface area contributed by atoms with E-state index < -0.39 is 33.9 Å². The van der Waals surface area contributed by atoms with Crippen molar-refractivity contribution >= 4 is 11.5 Å². The van der Waals surface area contributed by atoms with Gasteiger partial charge in [0.05, 0.1) is 4.92 Å². The van der Waals surface area contributed by atoms with Crippen LogP contribution >= 0.6 is 0 Å². The molecule has 1 aromatic carbocycles. The molecule has 0 saturated carbocycles. The minimum Gasteiger partial charge on any atom is -0.430 e. The lowest BCUT2D eigenvalue weighted by Gasteiger charge is -2.06. The topological polar surface area (TPSA) is 91.3 Å². The van der Waals surface area contributed by atoms with Crippen LogP contribution in [0.1, 0.15) is 0 Å². The Bertz CT molecular complexity index is 649. The van der Waals surface area contributed by atoms with Gasteiger partial charge in [0.2, 0.25) is 0 Å². The summed E-state index contributed by atoms with van der Waals surface area (Å²) in [4.78, 5) is 13.6. The van der Waals surface area contributed by atoms with Gasteiger partial charge in [0.1, 0.15) is 11.6 Å². The third-order valence-electron chi connectivity index (χ3n) is 2.16. The predicted molar refractivity (Wildman–Crippen MR) is 61.7 cm³/mol. The van der Waals surface area contributed by atoms with Crippen LogP contribution in [0.5, 0.6) is 11.6 Å². The summed E-state index contributed by atoms with van der Waals surface area (Å²) in [5.41, 5.74) is 4.87. The minimum atomic E-state index is -0.875. The van der Waals surface area contributed by atoms with Crippen molar-refractivity contribution in [3.8, 4) is 11.6 Å². The zero-order chi connectivity index (χ0) is 14.0. The van der Waals surface area contributed by atoms with Crippen LogP contribution in [0.2, 0.25) is 0 Å². The minimum absolute atomic E-state index is 0.0441. The Balaban J connectivity index is 2.45. The quantitative estimate of drug-likeness (QED) is 0.681. The van der Waals surface area contributed by atoms with Crippen molar-refractivity contribution in [2.75, 3.05) is 5.73 Å². The Morgan fingerprint density at radius 2 is 2.00 bits per heavy atom. The number of halogens is 2. The van der Waals surface area contributed by atoms with E-state index in [0.29, 0.717) is 0 Å². The first-order chi connectivity index (χ1) is 8.97. The Kier molecular flexibility index (Phi) is 3.23. The maximum atomic E-state index is 13.4. The highest BCUT2D eigenvalue weighted by molar-refractivity contribution is 5.48. The number of nitrogens with two attached hydrogens (primary N) is 1. The summed E-state index contributed by atoms with van der Waals surface area (Å²) >= 11 is 0. The van der Waals surface area contributed by atoms with E-state index in [0.717, 1.165) is 24.3 Å². The molecule has 0 fully saturated rings. The summed E-state index contributed by atoms with van der Waals surface area (Å²) in [5, 5.41) is 10.8. The molecule has 1 aromatic heterocycles.